The third kappa shape index (κ3) is 7.03. The van der Waals surface area contributed by atoms with Crippen LogP contribution in [0.15, 0.2) is 24.3 Å². The Hall–Kier alpha value is -0.910. The lowest BCUT2D eigenvalue weighted by Gasteiger charge is -2.15. The maximum Gasteiger partial charge on any atom is 0.209 e. The van der Waals surface area contributed by atoms with Gasteiger partial charge in [0.1, 0.15) is 0 Å². The van der Waals surface area contributed by atoms with Crippen LogP contribution in [-0.4, -0.2) is 20.7 Å². The minimum Gasteiger partial charge on any atom is -0.310 e. The van der Waals surface area contributed by atoms with E-state index in [-0.39, 0.29) is 11.8 Å². The molecule has 0 bridgehead atoms. The molecule has 114 valence electrons. The Morgan fingerprint density at radius 2 is 1.75 bits per heavy atom. The van der Waals surface area contributed by atoms with Gasteiger partial charge in [-0.25, -0.2) is 13.6 Å². The molecule has 1 unspecified atom stereocenters. The second-order valence-electron chi connectivity index (χ2n) is 5.74. The number of hydrogen-bond acceptors (Lipinski definition) is 3. The third-order valence-corrected chi connectivity index (χ3v) is 4.04. The molecule has 1 aromatic carbocycles. The van der Waals surface area contributed by atoms with E-state index in [9.17, 15) is 8.42 Å². The van der Waals surface area contributed by atoms with Gasteiger partial charge >= 0.3 is 0 Å². The van der Waals surface area contributed by atoms with Crippen LogP contribution in [0.25, 0.3) is 0 Å². The summed E-state index contributed by atoms with van der Waals surface area (Å²) in [5.74, 6) is 0.689. The van der Waals surface area contributed by atoms with E-state index in [1.165, 1.54) is 11.1 Å². The summed E-state index contributed by atoms with van der Waals surface area (Å²) in [6, 6.07) is 8.81. The first-order valence-electron chi connectivity index (χ1n) is 7.10. The number of hydrogen-bond donors (Lipinski definition) is 2. The average molecular weight is 298 g/mol. The summed E-state index contributed by atoms with van der Waals surface area (Å²) < 4.78 is 21.6. The van der Waals surface area contributed by atoms with Crippen molar-refractivity contribution in [1.29, 1.82) is 0 Å². The molecule has 0 amide bonds. The first-order chi connectivity index (χ1) is 9.28. The highest BCUT2D eigenvalue weighted by Gasteiger charge is 2.06. The average Bonchev–Trinajstić information content (AvgIpc) is 2.33. The first kappa shape index (κ1) is 17.1. The van der Waals surface area contributed by atoms with Crippen LogP contribution in [0.5, 0.6) is 0 Å². The Balaban J connectivity index is 2.41. The standard InChI is InChI=1S/C15H26N2O2S/c1-12(2)11-14-5-7-15(8-6-14)13(3)17-9-4-10-20(16,18)19/h5-8,12-13,17H,4,9-11H2,1-3H3,(H2,16,18,19). The smallest absolute Gasteiger partial charge is 0.209 e. The molecule has 0 aliphatic carbocycles. The summed E-state index contributed by atoms with van der Waals surface area (Å²) in [5.41, 5.74) is 2.57. The molecule has 1 aromatic rings. The highest BCUT2D eigenvalue weighted by atomic mass is 32.2. The molecule has 1 rings (SSSR count). The van der Waals surface area contributed by atoms with Gasteiger partial charge in [0.2, 0.25) is 10.0 Å². The van der Waals surface area contributed by atoms with Crippen molar-refractivity contribution in [2.24, 2.45) is 11.1 Å². The fourth-order valence-corrected chi connectivity index (χ4v) is 2.67. The minimum atomic E-state index is -3.34. The van der Waals surface area contributed by atoms with Gasteiger partial charge < -0.3 is 5.32 Å². The molecule has 0 aromatic heterocycles. The number of nitrogens with two attached hydrogens (primary N) is 1. The largest absolute Gasteiger partial charge is 0.310 e. The van der Waals surface area contributed by atoms with Gasteiger partial charge in [-0.3, -0.25) is 0 Å². The van der Waals surface area contributed by atoms with E-state index in [2.05, 4.69) is 50.4 Å². The monoisotopic (exact) mass is 298 g/mol. The number of nitrogens with one attached hydrogen (secondary N) is 1. The van der Waals surface area contributed by atoms with E-state index in [4.69, 9.17) is 5.14 Å². The molecule has 3 N–H and O–H groups in total. The molecular weight excluding hydrogens is 272 g/mol. The van der Waals surface area contributed by atoms with Crippen molar-refractivity contribution in [3.63, 3.8) is 0 Å². The summed E-state index contributed by atoms with van der Waals surface area (Å²) >= 11 is 0. The van der Waals surface area contributed by atoms with Crippen molar-refractivity contribution >= 4 is 10.0 Å². The number of sulfonamides is 1. The van der Waals surface area contributed by atoms with Gasteiger partial charge in [-0.05, 0) is 43.4 Å². The van der Waals surface area contributed by atoms with Crippen LogP contribution in [0.2, 0.25) is 0 Å². The van der Waals surface area contributed by atoms with Crippen LogP contribution in [-0.2, 0) is 16.4 Å². The van der Waals surface area contributed by atoms with Gasteiger partial charge in [-0.15, -0.1) is 0 Å². The summed E-state index contributed by atoms with van der Waals surface area (Å²) in [7, 11) is -3.34. The molecule has 0 saturated carbocycles. The van der Waals surface area contributed by atoms with Crippen LogP contribution in [0, 0.1) is 5.92 Å². The molecule has 0 saturated heterocycles. The van der Waals surface area contributed by atoms with Gasteiger partial charge in [-0.1, -0.05) is 38.1 Å². The fourth-order valence-electron chi connectivity index (χ4n) is 2.12. The molecule has 20 heavy (non-hydrogen) atoms. The predicted octanol–water partition coefficient (Wildman–Crippen LogP) is 2.21. The third-order valence-electron chi connectivity index (χ3n) is 3.18. The second-order valence-corrected chi connectivity index (χ2v) is 7.47. The zero-order chi connectivity index (χ0) is 15.2. The lowest BCUT2D eigenvalue weighted by atomic mass is 10.00. The lowest BCUT2D eigenvalue weighted by molar-refractivity contribution is 0.560. The van der Waals surface area contributed by atoms with Crippen molar-refractivity contribution in [1.82, 2.24) is 5.32 Å². The van der Waals surface area contributed by atoms with Gasteiger partial charge in [0.15, 0.2) is 0 Å². The van der Waals surface area contributed by atoms with E-state index in [0.717, 1.165) is 6.42 Å². The van der Waals surface area contributed by atoms with E-state index in [1.807, 2.05) is 0 Å². The van der Waals surface area contributed by atoms with E-state index >= 15 is 0 Å². The summed E-state index contributed by atoms with van der Waals surface area (Å²) in [4.78, 5) is 0. The molecular formula is C15H26N2O2S. The van der Waals surface area contributed by atoms with E-state index in [0.29, 0.717) is 18.9 Å². The molecule has 1 atom stereocenters. The molecule has 4 nitrogen and oxygen atoms in total. The number of benzene rings is 1. The highest BCUT2D eigenvalue weighted by molar-refractivity contribution is 7.89. The van der Waals surface area contributed by atoms with Crippen LogP contribution in [0.1, 0.15) is 44.4 Å². The molecule has 5 heteroatoms. The molecule has 0 aliphatic heterocycles. The van der Waals surface area contributed by atoms with Crippen LogP contribution in [0.3, 0.4) is 0 Å². The van der Waals surface area contributed by atoms with E-state index in [1.54, 1.807) is 0 Å². The Bertz CT molecular complexity index is 495. The van der Waals surface area contributed by atoms with Crippen molar-refractivity contribution in [3.05, 3.63) is 35.4 Å². The van der Waals surface area contributed by atoms with Crippen molar-refractivity contribution in [3.8, 4) is 0 Å². The normalized spacial score (nSPS) is 13.7. The Labute approximate surface area is 122 Å². The highest BCUT2D eigenvalue weighted by Crippen LogP contribution is 2.15. The van der Waals surface area contributed by atoms with Crippen LogP contribution < -0.4 is 10.5 Å². The Morgan fingerprint density at radius 1 is 1.15 bits per heavy atom. The zero-order valence-corrected chi connectivity index (χ0v) is 13.4. The predicted molar refractivity (Wildman–Crippen MR) is 84.0 cm³/mol. The minimum absolute atomic E-state index is 0.0278. The lowest BCUT2D eigenvalue weighted by Crippen LogP contribution is -2.24. The van der Waals surface area contributed by atoms with Gasteiger partial charge in [0, 0.05) is 6.04 Å². The quantitative estimate of drug-likeness (QED) is 0.723. The summed E-state index contributed by atoms with van der Waals surface area (Å²) in [6.07, 6.45) is 1.63. The molecule has 0 radical (unpaired) electrons. The van der Waals surface area contributed by atoms with Gasteiger partial charge in [0.05, 0.1) is 5.75 Å². The van der Waals surface area contributed by atoms with Crippen LogP contribution >= 0.6 is 0 Å². The summed E-state index contributed by atoms with van der Waals surface area (Å²) in [6.45, 7) is 7.15. The van der Waals surface area contributed by atoms with Gasteiger partial charge in [0.25, 0.3) is 0 Å². The fraction of sp³-hybridized carbons (Fsp3) is 0.600. The summed E-state index contributed by atoms with van der Waals surface area (Å²) in [5, 5.41) is 8.28. The molecule has 0 fully saturated rings. The SMILES string of the molecule is CC(C)Cc1ccc(C(C)NCCCS(N)(=O)=O)cc1. The Kier molecular flexibility index (Phi) is 6.65. The number of rotatable bonds is 8. The van der Waals surface area contributed by atoms with Crippen molar-refractivity contribution in [2.45, 2.75) is 39.7 Å². The van der Waals surface area contributed by atoms with Crippen LogP contribution in [0.4, 0.5) is 0 Å². The van der Waals surface area contributed by atoms with Crippen molar-refractivity contribution < 1.29 is 8.42 Å². The topological polar surface area (TPSA) is 72.2 Å². The second kappa shape index (κ2) is 7.76. The van der Waals surface area contributed by atoms with Crippen molar-refractivity contribution in [2.75, 3.05) is 12.3 Å². The zero-order valence-electron chi connectivity index (χ0n) is 12.6. The molecule has 0 aliphatic rings. The maximum absolute atomic E-state index is 10.8. The maximum atomic E-state index is 10.8. The number of primary sulfonamides is 1. The first-order valence-corrected chi connectivity index (χ1v) is 8.82. The Morgan fingerprint density at radius 3 is 2.25 bits per heavy atom. The molecule has 0 spiro atoms. The van der Waals surface area contributed by atoms with E-state index < -0.39 is 10.0 Å². The van der Waals surface area contributed by atoms with Gasteiger partial charge in [-0.2, -0.15) is 0 Å². The molecule has 0 heterocycles.